The highest BCUT2D eigenvalue weighted by Crippen LogP contribution is 2.32. The fraction of sp³-hybridized carbons (Fsp3) is 0.333. The molecule has 1 aliphatic rings. The Balaban J connectivity index is 1.64. The maximum atomic E-state index is 10.7. The summed E-state index contributed by atoms with van der Waals surface area (Å²) >= 11 is 0. The minimum Gasteiger partial charge on any atom is -0.497 e. The predicted molar refractivity (Wildman–Crippen MR) is 90.3 cm³/mol. The first-order valence-electron chi connectivity index (χ1n) is 7.81. The number of piperidine rings is 1. The Morgan fingerprint density at radius 1 is 1.13 bits per heavy atom. The Morgan fingerprint density at radius 2 is 1.83 bits per heavy atom. The number of rotatable bonds is 4. The van der Waals surface area contributed by atoms with Gasteiger partial charge in [-0.1, -0.05) is 12.1 Å². The molecule has 0 saturated carbocycles. The van der Waals surface area contributed by atoms with E-state index in [9.17, 15) is 10.1 Å². The lowest BCUT2D eigenvalue weighted by molar-refractivity contribution is -0.384. The van der Waals surface area contributed by atoms with Crippen molar-refractivity contribution in [2.75, 3.05) is 25.1 Å². The summed E-state index contributed by atoms with van der Waals surface area (Å²) in [5.41, 5.74) is 2.52. The molecule has 3 rings (SSSR count). The molecular weight excluding hydrogens is 292 g/mol. The molecule has 0 N–H and O–H groups in total. The number of anilines is 1. The van der Waals surface area contributed by atoms with Crippen molar-refractivity contribution >= 4 is 11.4 Å². The minimum absolute atomic E-state index is 0.139. The molecule has 1 heterocycles. The average Bonchev–Trinajstić information content (AvgIpc) is 2.62. The van der Waals surface area contributed by atoms with Crippen LogP contribution in [0.3, 0.4) is 0 Å². The van der Waals surface area contributed by atoms with Gasteiger partial charge in [0.2, 0.25) is 0 Å². The lowest BCUT2D eigenvalue weighted by atomic mass is 9.89. The molecule has 0 aliphatic carbocycles. The molecule has 0 radical (unpaired) electrons. The van der Waals surface area contributed by atoms with Gasteiger partial charge in [-0.25, -0.2) is 0 Å². The second-order valence-electron chi connectivity index (χ2n) is 5.81. The number of ether oxygens (including phenoxy) is 1. The fourth-order valence-electron chi connectivity index (χ4n) is 3.15. The van der Waals surface area contributed by atoms with Crippen LogP contribution >= 0.6 is 0 Å². The Hall–Kier alpha value is -2.56. The van der Waals surface area contributed by atoms with Crippen molar-refractivity contribution in [3.05, 3.63) is 64.2 Å². The van der Waals surface area contributed by atoms with Gasteiger partial charge >= 0.3 is 0 Å². The second-order valence-corrected chi connectivity index (χ2v) is 5.81. The van der Waals surface area contributed by atoms with E-state index in [1.807, 2.05) is 24.3 Å². The van der Waals surface area contributed by atoms with Crippen LogP contribution in [0.1, 0.15) is 24.3 Å². The number of non-ortho nitro benzene ring substituents is 1. The normalized spacial score (nSPS) is 15.4. The van der Waals surface area contributed by atoms with Crippen molar-refractivity contribution in [3.63, 3.8) is 0 Å². The topological polar surface area (TPSA) is 55.6 Å². The molecule has 23 heavy (non-hydrogen) atoms. The van der Waals surface area contributed by atoms with Gasteiger partial charge in [0.25, 0.3) is 5.69 Å². The molecule has 2 aromatic carbocycles. The molecule has 0 atom stereocenters. The smallest absolute Gasteiger partial charge is 0.269 e. The standard InChI is InChI=1S/C18H20N2O3/c1-23-18-4-2-3-15(13-18)14-9-11-19(12-10-14)16-5-7-17(8-6-16)20(21)22/h2-8,13-14H,9-12H2,1H3. The third-order valence-electron chi connectivity index (χ3n) is 4.49. The van der Waals surface area contributed by atoms with Gasteiger partial charge in [-0.05, 0) is 48.6 Å². The van der Waals surface area contributed by atoms with Crippen LogP contribution in [-0.4, -0.2) is 25.1 Å². The molecule has 0 unspecified atom stereocenters. The van der Waals surface area contributed by atoms with Gasteiger partial charge < -0.3 is 9.64 Å². The van der Waals surface area contributed by atoms with Gasteiger partial charge in [0, 0.05) is 30.9 Å². The fourth-order valence-corrected chi connectivity index (χ4v) is 3.15. The van der Waals surface area contributed by atoms with E-state index < -0.39 is 0 Å². The molecule has 0 bridgehead atoms. The quantitative estimate of drug-likeness (QED) is 0.633. The predicted octanol–water partition coefficient (Wildman–Crippen LogP) is 3.99. The van der Waals surface area contributed by atoms with Gasteiger partial charge in [-0.2, -0.15) is 0 Å². The maximum Gasteiger partial charge on any atom is 0.269 e. The summed E-state index contributed by atoms with van der Waals surface area (Å²) in [6, 6.07) is 15.1. The van der Waals surface area contributed by atoms with E-state index in [1.54, 1.807) is 19.2 Å². The van der Waals surface area contributed by atoms with Crippen molar-refractivity contribution < 1.29 is 9.66 Å². The van der Waals surface area contributed by atoms with Crippen LogP contribution in [0.2, 0.25) is 0 Å². The van der Waals surface area contributed by atoms with E-state index in [1.165, 1.54) is 5.56 Å². The molecule has 0 spiro atoms. The van der Waals surface area contributed by atoms with E-state index in [2.05, 4.69) is 17.0 Å². The van der Waals surface area contributed by atoms with E-state index >= 15 is 0 Å². The lowest BCUT2D eigenvalue weighted by Gasteiger charge is -2.34. The average molecular weight is 312 g/mol. The number of nitrogens with zero attached hydrogens (tertiary/aromatic N) is 2. The SMILES string of the molecule is COc1cccc(C2CCN(c3ccc([N+](=O)[O-])cc3)CC2)c1. The third kappa shape index (κ3) is 3.44. The van der Waals surface area contributed by atoms with E-state index in [4.69, 9.17) is 4.74 Å². The van der Waals surface area contributed by atoms with Crippen LogP contribution in [0.15, 0.2) is 48.5 Å². The summed E-state index contributed by atoms with van der Waals surface area (Å²) in [7, 11) is 1.69. The van der Waals surface area contributed by atoms with Gasteiger partial charge in [0.05, 0.1) is 12.0 Å². The molecule has 1 fully saturated rings. The number of hydrogen-bond acceptors (Lipinski definition) is 4. The maximum absolute atomic E-state index is 10.7. The zero-order valence-electron chi connectivity index (χ0n) is 13.1. The monoisotopic (exact) mass is 312 g/mol. The van der Waals surface area contributed by atoms with E-state index in [0.717, 1.165) is 37.4 Å². The molecule has 1 saturated heterocycles. The molecule has 5 nitrogen and oxygen atoms in total. The molecule has 120 valence electrons. The van der Waals surface area contributed by atoms with Gasteiger partial charge in [0.1, 0.15) is 5.75 Å². The van der Waals surface area contributed by atoms with Gasteiger partial charge in [-0.3, -0.25) is 10.1 Å². The van der Waals surface area contributed by atoms with Gasteiger partial charge in [0.15, 0.2) is 0 Å². The number of hydrogen-bond donors (Lipinski definition) is 0. The molecule has 5 heteroatoms. The summed E-state index contributed by atoms with van der Waals surface area (Å²) < 4.78 is 5.30. The summed E-state index contributed by atoms with van der Waals surface area (Å²) in [5, 5.41) is 10.7. The number of nitro groups is 1. The van der Waals surface area contributed by atoms with Crippen LogP contribution in [0, 0.1) is 10.1 Å². The highest BCUT2D eigenvalue weighted by atomic mass is 16.6. The summed E-state index contributed by atoms with van der Waals surface area (Å²) in [6.07, 6.45) is 2.15. The zero-order chi connectivity index (χ0) is 16.2. The van der Waals surface area contributed by atoms with E-state index in [0.29, 0.717) is 5.92 Å². The first-order chi connectivity index (χ1) is 11.2. The van der Waals surface area contributed by atoms with Crippen molar-refractivity contribution in [2.24, 2.45) is 0 Å². The Morgan fingerprint density at radius 3 is 2.43 bits per heavy atom. The van der Waals surface area contributed by atoms with Crippen molar-refractivity contribution in [1.82, 2.24) is 0 Å². The number of methoxy groups -OCH3 is 1. The summed E-state index contributed by atoms with van der Waals surface area (Å²) in [5.74, 6) is 1.44. The molecule has 0 amide bonds. The summed E-state index contributed by atoms with van der Waals surface area (Å²) in [4.78, 5) is 12.7. The van der Waals surface area contributed by atoms with Crippen LogP contribution in [0.4, 0.5) is 11.4 Å². The zero-order valence-corrected chi connectivity index (χ0v) is 13.1. The summed E-state index contributed by atoms with van der Waals surface area (Å²) in [6.45, 7) is 1.92. The minimum atomic E-state index is -0.362. The molecule has 2 aromatic rings. The largest absolute Gasteiger partial charge is 0.497 e. The Kier molecular flexibility index (Phi) is 4.46. The number of benzene rings is 2. The highest BCUT2D eigenvalue weighted by molar-refractivity contribution is 5.51. The van der Waals surface area contributed by atoms with Crippen molar-refractivity contribution in [2.45, 2.75) is 18.8 Å². The third-order valence-corrected chi connectivity index (χ3v) is 4.49. The lowest BCUT2D eigenvalue weighted by Crippen LogP contribution is -2.32. The van der Waals surface area contributed by atoms with Crippen LogP contribution in [-0.2, 0) is 0 Å². The second kappa shape index (κ2) is 6.69. The van der Waals surface area contributed by atoms with Crippen LogP contribution in [0.25, 0.3) is 0 Å². The number of nitro benzene ring substituents is 1. The first kappa shape index (κ1) is 15.3. The van der Waals surface area contributed by atoms with Crippen LogP contribution in [0.5, 0.6) is 5.75 Å². The molecular formula is C18H20N2O3. The molecule has 0 aromatic heterocycles. The van der Waals surface area contributed by atoms with E-state index in [-0.39, 0.29) is 10.6 Å². The van der Waals surface area contributed by atoms with Crippen molar-refractivity contribution in [3.8, 4) is 5.75 Å². The molecule has 1 aliphatic heterocycles. The van der Waals surface area contributed by atoms with Crippen LogP contribution < -0.4 is 9.64 Å². The first-order valence-corrected chi connectivity index (χ1v) is 7.81. The Bertz CT molecular complexity index is 677. The van der Waals surface area contributed by atoms with Crippen molar-refractivity contribution in [1.29, 1.82) is 0 Å². The highest BCUT2D eigenvalue weighted by Gasteiger charge is 2.21. The Labute approximate surface area is 135 Å². The van der Waals surface area contributed by atoms with Gasteiger partial charge in [-0.15, -0.1) is 0 Å².